The highest BCUT2D eigenvalue weighted by atomic mass is 19.2. The van der Waals surface area contributed by atoms with Crippen LogP contribution in [-0.2, 0) is 22.4 Å². The number of aromatic nitrogens is 2. The summed E-state index contributed by atoms with van der Waals surface area (Å²) in [5.74, 6) is -5.02. The van der Waals surface area contributed by atoms with Gasteiger partial charge in [0, 0.05) is 30.6 Å². The van der Waals surface area contributed by atoms with Gasteiger partial charge >= 0.3 is 12.0 Å². The number of ether oxygens (including phenoxy) is 1. The van der Waals surface area contributed by atoms with E-state index >= 15 is 0 Å². The van der Waals surface area contributed by atoms with E-state index in [2.05, 4.69) is 15.3 Å². The molecule has 2 atom stereocenters. The summed E-state index contributed by atoms with van der Waals surface area (Å²) in [6, 6.07) is 8.10. The Morgan fingerprint density at radius 1 is 1.18 bits per heavy atom. The van der Waals surface area contributed by atoms with Gasteiger partial charge in [0.15, 0.2) is 17.5 Å². The van der Waals surface area contributed by atoms with Crippen LogP contribution in [0.5, 0.6) is 0 Å². The maximum Gasteiger partial charge on any atom is 0.328 e. The van der Waals surface area contributed by atoms with Crippen LogP contribution in [0.2, 0.25) is 0 Å². The van der Waals surface area contributed by atoms with E-state index in [4.69, 9.17) is 4.74 Å². The van der Waals surface area contributed by atoms with Crippen molar-refractivity contribution in [2.24, 2.45) is 0 Å². The predicted octanol–water partition coefficient (Wildman–Crippen LogP) is 3.27. The molecule has 1 aliphatic rings. The summed E-state index contributed by atoms with van der Waals surface area (Å²) in [6.45, 7) is 0.128. The van der Waals surface area contributed by atoms with E-state index in [1.54, 1.807) is 24.3 Å². The Labute approximate surface area is 187 Å². The van der Waals surface area contributed by atoms with Crippen LogP contribution in [0.4, 0.5) is 18.0 Å². The van der Waals surface area contributed by atoms with Gasteiger partial charge < -0.3 is 19.9 Å². The highest BCUT2D eigenvalue weighted by Gasteiger charge is 2.38. The molecule has 0 aliphatic carbocycles. The van der Waals surface area contributed by atoms with Gasteiger partial charge in [-0.05, 0) is 11.6 Å². The second kappa shape index (κ2) is 9.35. The lowest BCUT2D eigenvalue weighted by molar-refractivity contribution is -0.142. The summed E-state index contributed by atoms with van der Waals surface area (Å²) in [5.41, 5.74) is 1.53. The van der Waals surface area contributed by atoms with Crippen LogP contribution in [0.15, 0.2) is 48.8 Å². The third-order valence-electron chi connectivity index (χ3n) is 5.61. The van der Waals surface area contributed by atoms with Gasteiger partial charge in [0.25, 0.3) is 0 Å². The van der Waals surface area contributed by atoms with Crippen molar-refractivity contribution in [1.82, 2.24) is 20.2 Å². The van der Waals surface area contributed by atoms with Crippen molar-refractivity contribution in [1.29, 1.82) is 0 Å². The number of methoxy groups -OCH3 is 1. The fraction of sp³-hybridized carbons (Fsp3) is 0.261. The van der Waals surface area contributed by atoms with Crippen molar-refractivity contribution in [3.63, 3.8) is 0 Å². The van der Waals surface area contributed by atoms with Crippen LogP contribution in [0.3, 0.4) is 0 Å². The number of nitrogens with zero attached hydrogens (tertiary/aromatic N) is 2. The predicted molar refractivity (Wildman–Crippen MR) is 112 cm³/mol. The third-order valence-corrected chi connectivity index (χ3v) is 5.61. The van der Waals surface area contributed by atoms with Crippen molar-refractivity contribution in [2.75, 3.05) is 13.7 Å². The molecule has 172 valence electrons. The first-order chi connectivity index (χ1) is 15.9. The monoisotopic (exact) mass is 458 g/mol. The molecule has 0 radical (unpaired) electrons. The van der Waals surface area contributed by atoms with Crippen molar-refractivity contribution < 1.29 is 27.5 Å². The lowest BCUT2D eigenvalue weighted by atomic mass is 9.95. The first-order valence-electron chi connectivity index (χ1n) is 10.2. The Bertz CT molecular complexity index is 1170. The minimum absolute atomic E-state index is 0.128. The van der Waals surface area contributed by atoms with E-state index in [0.717, 1.165) is 17.7 Å². The molecule has 2 heterocycles. The number of amides is 2. The number of fused-ring (bicyclic) bond motifs is 1. The number of urea groups is 1. The second-order valence-corrected chi connectivity index (χ2v) is 7.59. The molecule has 0 saturated carbocycles. The summed E-state index contributed by atoms with van der Waals surface area (Å²) in [4.78, 5) is 34.0. The van der Waals surface area contributed by atoms with E-state index in [9.17, 15) is 22.8 Å². The van der Waals surface area contributed by atoms with E-state index in [1.807, 2.05) is 6.07 Å². The summed E-state index contributed by atoms with van der Waals surface area (Å²) in [7, 11) is 1.21. The smallest absolute Gasteiger partial charge is 0.328 e. The molecule has 0 spiro atoms. The average molecular weight is 458 g/mol. The number of hydrogen-bond acceptors (Lipinski definition) is 4. The fourth-order valence-corrected chi connectivity index (χ4v) is 3.98. The van der Waals surface area contributed by atoms with Gasteiger partial charge in [-0.1, -0.05) is 36.4 Å². The van der Waals surface area contributed by atoms with Gasteiger partial charge in [-0.3, -0.25) is 0 Å². The number of benzene rings is 2. The Morgan fingerprint density at radius 3 is 2.67 bits per heavy atom. The third kappa shape index (κ3) is 4.41. The Morgan fingerprint density at radius 2 is 1.94 bits per heavy atom. The van der Waals surface area contributed by atoms with Gasteiger partial charge in [0.05, 0.1) is 19.1 Å². The number of aromatic amines is 1. The maximum absolute atomic E-state index is 14.7. The molecule has 2 amide bonds. The molecule has 10 heteroatoms. The topological polar surface area (TPSA) is 87.3 Å². The molecule has 0 unspecified atom stereocenters. The Balaban J connectivity index is 1.66. The lowest BCUT2D eigenvalue weighted by Crippen LogP contribution is -2.52. The quantitative estimate of drug-likeness (QED) is 0.454. The zero-order valence-corrected chi connectivity index (χ0v) is 17.6. The number of carbonyl (C=O) groups excluding carboxylic acids is 2. The number of nitrogens with one attached hydrogen (secondary N) is 2. The SMILES string of the molecule is COC(=O)[C@@H](Cc1ccccc1)NC(=O)N1CCc2[nH]cnc2[C@@H]1c1ccc(F)c(F)c1F. The van der Waals surface area contributed by atoms with Gasteiger partial charge in [-0.25, -0.2) is 27.7 Å². The van der Waals surface area contributed by atoms with Crippen LogP contribution in [-0.4, -0.2) is 46.6 Å². The molecule has 0 saturated heterocycles. The van der Waals surface area contributed by atoms with Gasteiger partial charge in [0.2, 0.25) is 0 Å². The minimum atomic E-state index is -1.63. The first-order valence-corrected chi connectivity index (χ1v) is 10.2. The highest BCUT2D eigenvalue weighted by molar-refractivity contribution is 5.84. The molecule has 7 nitrogen and oxygen atoms in total. The molecule has 3 aromatic rings. The number of carbonyl (C=O) groups is 2. The highest BCUT2D eigenvalue weighted by Crippen LogP contribution is 2.35. The first kappa shape index (κ1) is 22.4. The Hall–Kier alpha value is -3.82. The fourth-order valence-electron chi connectivity index (χ4n) is 3.98. The summed E-state index contributed by atoms with van der Waals surface area (Å²) in [6.07, 6.45) is 1.95. The number of imidazole rings is 1. The van der Waals surface area contributed by atoms with Crippen molar-refractivity contribution in [2.45, 2.75) is 24.9 Å². The van der Waals surface area contributed by atoms with Gasteiger partial charge in [0.1, 0.15) is 12.1 Å². The molecule has 33 heavy (non-hydrogen) atoms. The van der Waals surface area contributed by atoms with E-state index < -0.39 is 41.5 Å². The van der Waals surface area contributed by atoms with Crippen molar-refractivity contribution in [3.05, 3.63) is 88.8 Å². The molecule has 2 aromatic carbocycles. The average Bonchev–Trinajstić information content (AvgIpc) is 3.31. The minimum Gasteiger partial charge on any atom is -0.467 e. The van der Waals surface area contributed by atoms with E-state index in [1.165, 1.54) is 18.3 Å². The molecule has 4 rings (SSSR count). The molecule has 1 aliphatic heterocycles. The lowest BCUT2D eigenvalue weighted by Gasteiger charge is -2.36. The largest absolute Gasteiger partial charge is 0.467 e. The van der Waals surface area contributed by atoms with Crippen molar-refractivity contribution in [3.8, 4) is 0 Å². The standard InChI is InChI=1S/C23H21F3N4O3/c1-33-22(31)17(11-13-5-3-2-4-6-13)29-23(32)30-10-9-16-20(28-12-27-16)21(30)14-7-8-15(24)19(26)18(14)25/h2-8,12,17,21H,9-11H2,1H3,(H,27,28)(H,29,32)/t17-,21+/m1/s1. The van der Waals surface area contributed by atoms with Crippen molar-refractivity contribution >= 4 is 12.0 Å². The summed E-state index contributed by atoms with van der Waals surface area (Å²) >= 11 is 0. The number of esters is 1. The molecule has 0 bridgehead atoms. The second-order valence-electron chi connectivity index (χ2n) is 7.59. The van der Waals surface area contributed by atoms with Crippen LogP contribution in [0.1, 0.15) is 28.6 Å². The number of hydrogen-bond donors (Lipinski definition) is 2. The number of halogens is 3. The van der Waals surface area contributed by atoms with Crippen LogP contribution in [0.25, 0.3) is 0 Å². The molecular weight excluding hydrogens is 437 g/mol. The Kier molecular flexibility index (Phi) is 6.34. The van der Waals surface area contributed by atoms with Crippen LogP contribution >= 0.6 is 0 Å². The van der Waals surface area contributed by atoms with E-state index in [-0.39, 0.29) is 18.5 Å². The van der Waals surface area contributed by atoms with Crippen LogP contribution in [0, 0.1) is 17.5 Å². The molecule has 0 fully saturated rings. The number of rotatable bonds is 5. The zero-order valence-electron chi connectivity index (χ0n) is 17.6. The van der Waals surface area contributed by atoms with Gasteiger partial charge in [-0.15, -0.1) is 0 Å². The zero-order chi connectivity index (χ0) is 23.5. The van der Waals surface area contributed by atoms with Gasteiger partial charge in [-0.2, -0.15) is 0 Å². The summed E-state index contributed by atoms with van der Waals surface area (Å²) < 4.78 is 47.1. The maximum atomic E-state index is 14.7. The molecule has 2 N–H and O–H groups in total. The molecular formula is C23H21F3N4O3. The van der Waals surface area contributed by atoms with E-state index in [0.29, 0.717) is 17.8 Å². The van der Waals surface area contributed by atoms with Crippen LogP contribution < -0.4 is 5.32 Å². The molecule has 1 aromatic heterocycles. The normalized spacial score (nSPS) is 16.1. The number of H-pyrrole nitrogens is 1. The summed E-state index contributed by atoms with van der Waals surface area (Å²) in [5, 5.41) is 2.64.